The van der Waals surface area contributed by atoms with Gasteiger partial charge in [0.05, 0.1) is 28.4 Å². The Morgan fingerprint density at radius 2 is 0.582 bits per heavy atom. The van der Waals surface area contributed by atoms with Crippen molar-refractivity contribution < 1.29 is 34.3 Å². The number of rotatable bonds is 10. The molecule has 282 valence electrons. The molecule has 0 aromatic heterocycles. The fourth-order valence-corrected chi connectivity index (χ4v) is 5.08. The summed E-state index contributed by atoms with van der Waals surface area (Å²) in [5.74, 6) is 3.49. The van der Waals surface area contributed by atoms with Crippen molar-refractivity contribution in [1.82, 2.24) is 0 Å². The van der Waals surface area contributed by atoms with E-state index in [1.165, 1.54) is 22.8 Å². The Bertz CT molecular complexity index is 2010. The van der Waals surface area contributed by atoms with E-state index in [0.29, 0.717) is 0 Å². The Labute approximate surface area is 324 Å². The fraction of sp³-hybridized carbons (Fsp3) is 0.125. The van der Waals surface area contributed by atoms with Gasteiger partial charge in [-0.3, -0.25) is 0 Å². The fourth-order valence-electron chi connectivity index (χ4n) is 5.08. The van der Waals surface area contributed by atoms with Crippen molar-refractivity contribution in [2.75, 3.05) is 28.4 Å². The first-order valence-electron chi connectivity index (χ1n) is 17.5. The number of aryl methyl sites for hydroxylation is 2. The van der Waals surface area contributed by atoms with E-state index in [1.807, 2.05) is 104 Å². The minimum absolute atomic E-state index is 0.0635. The zero-order valence-corrected chi connectivity index (χ0v) is 32.1. The molecular formula is C48H48O7. The van der Waals surface area contributed by atoms with Crippen molar-refractivity contribution in [3.8, 4) is 40.2 Å². The molecule has 0 aliphatic rings. The van der Waals surface area contributed by atoms with Gasteiger partial charge in [-0.2, -0.15) is 0 Å². The van der Waals surface area contributed by atoms with Crippen molar-refractivity contribution in [1.29, 1.82) is 0 Å². The van der Waals surface area contributed by atoms with Crippen LogP contribution >= 0.6 is 0 Å². The van der Waals surface area contributed by atoms with Crippen LogP contribution in [0.1, 0.15) is 44.5 Å². The molecule has 0 saturated heterocycles. The van der Waals surface area contributed by atoms with Crippen molar-refractivity contribution >= 4 is 36.5 Å². The summed E-state index contributed by atoms with van der Waals surface area (Å²) in [7, 11) is 6.56. The maximum Gasteiger partial charge on any atom is 0.123 e. The van der Waals surface area contributed by atoms with Crippen LogP contribution in [0, 0.1) is 13.8 Å². The van der Waals surface area contributed by atoms with Crippen LogP contribution in [0.4, 0.5) is 0 Å². The van der Waals surface area contributed by atoms with Gasteiger partial charge in [-0.25, -0.2) is 0 Å². The van der Waals surface area contributed by atoms with Gasteiger partial charge >= 0.3 is 0 Å². The molecule has 0 aliphatic carbocycles. The van der Waals surface area contributed by atoms with Crippen LogP contribution in [0.25, 0.3) is 36.5 Å². The molecule has 0 bridgehead atoms. The third-order valence-corrected chi connectivity index (χ3v) is 8.12. The molecule has 7 heteroatoms. The van der Waals surface area contributed by atoms with Gasteiger partial charge in [0, 0.05) is 18.2 Å². The topological polar surface area (TPSA) is 97.6 Å². The van der Waals surface area contributed by atoms with E-state index in [9.17, 15) is 15.3 Å². The third kappa shape index (κ3) is 14.2. The number of hydrogen-bond acceptors (Lipinski definition) is 7. The quantitative estimate of drug-likeness (QED) is 0.120. The molecule has 0 amide bonds. The maximum atomic E-state index is 9.33. The average Bonchev–Trinajstić information content (AvgIpc) is 3.20. The van der Waals surface area contributed by atoms with Crippen molar-refractivity contribution in [2.24, 2.45) is 0 Å². The molecule has 0 fully saturated rings. The molecule has 3 N–H and O–H groups in total. The molecule has 0 unspecified atom stereocenters. The Balaban J connectivity index is 0.000000184. The van der Waals surface area contributed by atoms with Crippen LogP contribution in [0.2, 0.25) is 0 Å². The summed E-state index contributed by atoms with van der Waals surface area (Å²) in [5, 5.41) is 27.9. The minimum Gasteiger partial charge on any atom is -0.508 e. The summed E-state index contributed by atoms with van der Waals surface area (Å²) < 4.78 is 20.9. The Kier molecular flexibility index (Phi) is 15.6. The first-order chi connectivity index (χ1) is 26.5. The second kappa shape index (κ2) is 21.0. The van der Waals surface area contributed by atoms with Crippen LogP contribution in [0.15, 0.2) is 127 Å². The number of benzene rings is 6. The molecule has 6 aromatic carbocycles. The molecule has 0 aliphatic heterocycles. The summed E-state index contributed by atoms with van der Waals surface area (Å²) in [6, 6.07) is 39.6. The Hall–Kier alpha value is -6.86. The highest BCUT2D eigenvalue weighted by molar-refractivity contribution is 5.73. The molecule has 0 spiro atoms. The van der Waals surface area contributed by atoms with Gasteiger partial charge in [0.1, 0.15) is 40.2 Å². The second-order valence-electron chi connectivity index (χ2n) is 12.5. The summed E-state index contributed by atoms with van der Waals surface area (Å²) >= 11 is 0. The molecule has 55 heavy (non-hydrogen) atoms. The second-order valence-corrected chi connectivity index (χ2v) is 12.5. The first-order valence-corrected chi connectivity index (χ1v) is 17.5. The number of phenols is 3. The lowest BCUT2D eigenvalue weighted by Gasteiger charge is -2.05. The number of ether oxygens (including phenoxy) is 4. The molecule has 0 heterocycles. The van der Waals surface area contributed by atoms with Gasteiger partial charge in [-0.05, 0) is 95.8 Å². The number of phenolic OH excluding ortho intramolecular Hbond substituents is 3. The predicted molar refractivity (Wildman–Crippen MR) is 226 cm³/mol. The molecular weight excluding hydrogens is 689 g/mol. The minimum atomic E-state index is 0.0635. The van der Waals surface area contributed by atoms with Gasteiger partial charge in [0.25, 0.3) is 0 Å². The third-order valence-electron chi connectivity index (χ3n) is 8.12. The zero-order valence-electron chi connectivity index (χ0n) is 32.1. The van der Waals surface area contributed by atoms with Gasteiger partial charge in [-0.15, -0.1) is 0 Å². The number of methoxy groups -OCH3 is 4. The smallest absolute Gasteiger partial charge is 0.123 e. The van der Waals surface area contributed by atoms with Gasteiger partial charge in [0.2, 0.25) is 0 Å². The molecule has 7 nitrogen and oxygen atoms in total. The van der Waals surface area contributed by atoms with E-state index >= 15 is 0 Å². The van der Waals surface area contributed by atoms with Crippen LogP contribution in [0.3, 0.4) is 0 Å². The zero-order chi connectivity index (χ0) is 39.6. The normalized spacial score (nSPS) is 10.7. The highest BCUT2D eigenvalue weighted by Gasteiger charge is 2.01. The van der Waals surface area contributed by atoms with E-state index in [1.54, 1.807) is 52.7 Å². The van der Waals surface area contributed by atoms with E-state index in [0.717, 1.165) is 50.8 Å². The van der Waals surface area contributed by atoms with Gasteiger partial charge in [0.15, 0.2) is 0 Å². The molecule has 0 saturated carbocycles. The van der Waals surface area contributed by atoms with Crippen LogP contribution in [-0.4, -0.2) is 43.8 Å². The van der Waals surface area contributed by atoms with E-state index in [4.69, 9.17) is 18.9 Å². The molecule has 0 atom stereocenters. The van der Waals surface area contributed by atoms with Crippen molar-refractivity contribution in [3.05, 3.63) is 172 Å². The summed E-state index contributed by atoms with van der Waals surface area (Å²) in [4.78, 5) is 0. The van der Waals surface area contributed by atoms with Crippen LogP contribution in [0.5, 0.6) is 40.2 Å². The Morgan fingerprint density at radius 1 is 0.309 bits per heavy atom. The Morgan fingerprint density at radius 3 is 0.891 bits per heavy atom. The summed E-state index contributed by atoms with van der Waals surface area (Å²) in [6.07, 6.45) is 11.9. The number of hydrogen-bond donors (Lipinski definition) is 3. The standard InChI is InChI=1S/C17H18O2.C16H16O3.C15H14O2/c1-13-4-6-14(7-5-13)8-9-15-10-16(18-2)12-17(11-15)19-3;1-18-15-9-13(10-16(11-15)19-2)4-3-12-5-7-14(17)8-6-12;1-11-2-4-12(5-3-11)6-7-13-8-14(16)10-15(17)9-13/h4-12H,1-3H3;3-11,17H,1-2H3;2-10,16-17H,1H3/b9-8+;4-3+;7-6+. The predicted octanol–water partition coefficient (Wildman–Crippen LogP) is 11.3. The first kappa shape index (κ1) is 40.9. The largest absolute Gasteiger partial charge is 0.508 e. The molecule has 0 radical (unpaired) electrons. The molecule has 6 rings (SSSR count). The maximum absolute atomic E-state index is 9.33. The lowest BCUT2D eigenvalue weighted by atomic mass is 10.1. The highest BCUT2D eigenvalue weighted by atomic mass is 16.5. The van der Waals surface area contributed by atoms with E-state index < -0.39 is 0 Å². The monoisotopic (exact) mass is 736 g/mol. The average molecular weight is 737 g/mol. The highest BCUT2D eigenvalue weighted by Crippen LogP contribution is 2.26. The van der Waals surface area contributed by atoms with E-state index in [-0.39, 0.29) is 17.2 Å². The number of aromatic hydroxyl groups is 3. The van der Waals surface area contributed by atoms with Crippen molar-refractivity contribution in [3.63, 3.8) is 0 Å². The SMILES string of the molecule is COc1cc(/C=C/c2ccc(C)cc2)cc(OC)c1.COc1cc(/C=C/c2ccc(O)cc2)cc(OC)c1.Cc1ccc(/C=C/c2cc(O)cc(O)c2)cc1. The summed E-state index contributed by atoms with van der Waals surface area (Å²) in [6.45, 7) is 4.13. The summed E-state index contributed by atoms with van der Waals surface area (Å²) in [5.41, 5.74) is 8.56. The lowest BCUT2D eigenvalue weighted by molar-refractivity contribution is 0.394. The van der Waals surface area contributed by atoms with Crippen LogP contribution < -0.4 is 18.9 Å². The van der Waals surface area contributed by atoms with Gasteiger partial charge < -0.3 is 34.3 Å². The van der Waals surface area contributed by atoms with Gasteiger partial charge in [-0.1, -0.05) is 108 Å². The van der Waals surface area contributed by atoms with E-state index in [2.05, 4.69) is 43.3 Å². The van der Waals surface area contributed by atoms with Crippen molar-refractivity contribution in [2.45, 2.75) is 13.8 Å². The molecule has 6 aromatic rings. The lowest BCUT2D eigenvalue weighted by Crippen LogP contribution is -1.88. The van der Waals surface area contributed by atoms with Crippen LogP contribution in [-0.2, 0) is 0 Å².